The molecule has 31 heavy (non-hydrogen) atoms. The molecule has 1 aromatic carbocycles. The van der Waals surface area contributed by atoms with Crippen LogP contribution in [0.2, 0.25) is 0 Å². The van der Waals surface area contributed by atoms with E-state index in [-0.39, 0.29) is 5.41 Å². The van der Waals surface area contributed by atoms with E-state index in [1.807, 2.05) is 64.1 Å². The molecule has 1 spiro atoms. The topological polar surface area (TPSA) is 55.4 Å². The zero-order valence-corrected chi connectivity index (χ0v) is 20.6. The van der Waals surface area contributed by atoms with Crippen LogP contribution in [0.3, 0.4) is 0 Å². The van der Waals surface area contributed by atoms with Gasteiger partial charge in [0.15, 0.2) is 0 Å². The maximum absolute atomic E-state index is 5.76. The quantitative estimate of drug-likeness (QED) is 0.235. The van der Waals surface area contributed by atoms with Gasteiger partial charge in [-0.05, 0) is 24.3 Å². The van der Waals surface area contributed by atoms with Crippen molar-refractivity contribution in [3.05, 3.63) is 79.6 Å². The Morgan fingerprint density at radius 3 is 1.94 bits per heavy atom. The van der Waals surface area contributed by atoms with Crippen molar-refractivity contribution >= 4 is 17.2 Å². The molecule has 0 N–H and O–H groups in total. The summed E-state index contributed by atoms with van der Waals surface area (Å²) in [6, 6.07) is 9.47. The van der Waals surface area contributed by atoms with Crippen LogP contribution in [0.5, 0.6) is 5.75 Å². The summed E-state index contributed by atoms with van der Waals surface area (Å²) in [7, 11) is -2.89. The van der Waals surface area contributed by atoms with Gasteiger partial charge < -0.3 is 27.1 Å². The van der Waals surface area contributed by atoms with E-state index < -0.39 is 17.2 Å². The number of hydrogen-bond donors (Lipinski definition) is 0. The molecule has 3 rings (SSSR count). The van der Waals surface area contributed by atoms with E-state index in [0.29, 0.717) is 32.2 Å². The Morgan fingerprint density at radius 1 is 0.871 bits per heavy atom. The van der Waals surface area contributed by atoms with Crippen molar-refractivity contribution in [1.82, 2.24) is 0 Å². The molecule has 2 heterocycles. The molecule has 0 unspecified atom stereocenters. The zero-order chi connectivity index (χ0) is 23.0. The van der Waals surface area contributed by atoms with Crippen molar-refractivity contribution in [2.75, 3.05) is 26.4 Å². The largest absolute Gasteiger partial charge is 0.427 e. The molecule has 2 aliphatic rings. The van der Waals surface area contributed by atoms with Gasteiger partial charge in [0.1, 0.15) is 11.5 Å². The van der Waals surface area contributed by atoms with Crippen LogP contribution >= 0.6 is 17.2 Å². The standard InChI is InChI=1S/C19H22O6P2.2C2H6/c1-3-5-7-10-17(4-2)24-26-20-13-19(14-21-26)15-22-27(23-16-19)25-18-11-8-6-9-12-18;2*1-2/h3-12H,1-2,13-16H2;2*1-2H3/b7-5-,17-10+;;. The Balaban J connectivity index is 0.00000113. The van der Waals surface area contributed by atoms with Crippen LogP contribution in [0.25, 0.3) is 0 Å². The molecule has 0 aromatic heterocycles. The lowest BCUT2D eigenvalue weighted by molar-refractivity contribution is -0.0693. The molecule has 0 atom stereocenters. The minimum atomic E-state index is -1.48. The lowest BCUT2D eigenvalue weighted by Gasteiger charge is -2.41. The van der Waals surface area contributed by atoms with E-state index in [1.54, 1.807) is 24.3 Å². The lowest BCUT2D eigenvalue weighted by Crippen LogP contribution is -2.45. The van der Waals surface area contributed by atoms with Crippen LogP contribution in [0.4, 0.5) is 0 Å². The fourth-order valence-electron chi connectivity index (χ4n) is 2.21. The Hall–Kier alpha value is -1.52. The van der Waals surface area contributed by atoms with E-state index in [2.05, 4.69) is 13.2 Å². The summed E-state index contributed by atoms with van der Waals surface area (Å²) < 4.78 is 34.4. The van der Waals surface area contributed by atoms with E-state index in [0.717, 1.165) is 5.75 Å². The third kappa shape index (κ3) is 9.65. The molecule has 2 saturated heterocycles. The normalized spacial score (nSPS) is 25.5. The summed E-state index contributed by atoms with van der Waals surface area (Å²) in [5, 5.41) is 0. The molecular formula is C23H34O6P2. The highest BCUT2D eigenvalue weighted by atomic mass is 31.2. The third-order valence-corrected chi connectivity index (χ3v) is 5.80. The highest BCUT2D eigenvalue weighted by Crippen LogP contribution is 2.53. The van der Waals surface area contributed by atoms with Crippen LogP contribution in [0, 0.1) is 5.41 Å². The maximum Gasteiger partial charge on any atom is 0.397 e. The van der Waals surface area contributed by atoms with Crippen molar-refractivity contribution in [2.24, 2.45) is 5.41 Å². The minimum Gasteiger partial charge on any atom is -0.427 e. The molecule has 0 bridgehead atoms. The maximum atomic E-state index is 5.76. The number of rotatable bonds is 7. The predicted octanol–water partition coefficient (Wildman–Crippen LogP) is 7.48. The summed E-state index contributed by atoms with van der Waals surface area (Å²) in [6.45, 7) is 17.1. The van der Waals surface area contributed by atoms with Gasteiger partial charge in [0.05, 0.1) is 31.8 Å². The van der Waals surface area contributed by atoms with Crippen molar-refractivity contribution in [1.29, 1.82) is 0 Å². The van der Waals surface area contributed by atoms with E-state index in [4.69, 9.17) is 27.1 Å². The van der Waals surface area contributed by atoms with Gasteiger partial charge in [-0.25, -0.2) is 0 Å². The SMILES string of the molecule is C=C/C=C\C=C(/C=C)OP1OCC2(CO1)COP(Oc1ccccc1)OC2.CC.CC. The predicted molar refractivity (Wildman–Crippen MR) is 129 cm³/mol. The van der Waals surface area contributed by atoms with E-state index in [9.17, 15) is 0 Å². The molecule has 8 heteroatoms. The Morgan fingerprint density at radius 2 is 1.42 bits per heavy atom. The smallest absolute Gasteiger partial charge is 0.397 e. The van der Waals surface area contributed by atoms with Crippen LogP contribution in [0.1, 0.15) is 27.7 Å². The summed E-state index contributed by atoms with van der Waals surface area (Å²) >= 11 is 0. The van der Waals surface area contributed by atoms with Crippen molar-refractivity contribution in [3.63, 3.8) is 0 Å². The molecule has 0 radical (unpaired) electrons. The number of para-hydroxylation sites is 1. The van der Waals surface area contributed by atoms with E-state index in [1.165, 1.54) is 0 Å². The number of benzene rings is 1. The van der Waals surface area contributed by atoms with Crippen LogP contribution in [-0.4, -0.2) is 26.4 Å². The lowest BCUT2D eigenvalue weighted by atomic mass is 9.93. The highest BCUT2D eigenvalue weighted by molar-refractivity contribution is 7.42. The second-order valence-electron chi connectivity index (χ2n) is 5.93. The van der Waals surface area contributed by atoms with Gasteiger partial charge in [-0.2, -0.15) is 0 Å². The second kappa shape index (κ2) is 16.2. The first-order valence-electron chi connectivity index (χ1n) is 10.4. The van der Waals surface area contributed by atoms with Crippen molar-refractivity contribution in [3.8, 4) is 5.75 Å². The summed E-state index contributed by atoms with van der Waals surface area (Å²) in [4.78, 5) is 0. The van der Waals surface area contributed by atoms with Crippen molar-refractivity contribution < 1.29 is 27.1 Å². The molecule has 172 valence electrons. The fourth-order valence-corrected chi connectivity index (χ4v) is 4.69. The van der Waals surface area contributed by atoms with Crippen LogP contribution < -0.4 is 4.52 Å². The van der Waals surface area contributed by atoms with Gasteiger partial charge in [0.2, 0.25) is 0 Å². The average molecular weight is 468 g/mol. The summed E-state index contributed by atoms with van der Waals surface area (Å²) in [5.41, 5.74) is -0.345. The average Bonchev–Trinajstić information content (AvgIpc) is 2.85. The monoisotopic (exact) mass is 468 g/mol. The number of allylic oxidation sites excluding steroid dienone is 5. The fraction of sp³-hybridized carbons (Fsp3) is 0.391. The molecule has 6 nitrogen and oxygen atoms in total. The molecule has 2 fully saturated rings. The van der Waals surface area contributed by atoms with Gasteiger partial charge in [-0.15, -0.1) is 0 Å². The first-order valence-corrected chi connectivity index (χ1v) is 12.6. The zero-order valence-electron chi connectivity index (χ0n) is 18.9. The molecule has 2 aliphatic heterocycles. The van der Waals surface area contributed by atoms with Gasteiger partial charge in [0, 0.05) is 0 Å². The summed E-state index contributed by atoms with van der Waals surface area (Å²) in [5.74, 6) is 1.30. The Labute approximate surface area is 189 Å². The second-order valence-corrected chi connectivity index (χ2v) is 8.22. The van der Waals surface area contributed by atoms with E-state index >= 15 is 0 Å². The van der Waals surface area contributed by atoms with Gasteiger partial charge in [-0.1, -0.05) is 77.3 Å². The van der Waals surface area contributed by atoms with Gasteiger partial charge in [0.25, 0.3) is 0 Å². The molecule has 0 aliphatic carbocycles. The minimum absolute atomic E-state index is 0.345. The molecule has 1 aromatic rings. The third-order valence-electron chi connectivity index (χ3n) is 3.72. The first kappa shape index (κ1) is 27.5. The highest BCUT2D eigenvalue weighted by Gasteiger charge is 2.44. The first-order chi connectivity index (χ1) is 15.2. The molecule has 0 amide bonds. The van der Waals surface area contributed by atoms with Gasteiger partial charge >= 0.3 is 17.2 Å². The molecular weight excluding hydrogens is 434 g/mol. The molecule has 0 saturated carbocycles. The summed E-state index contributed by atoms with van der Waals surface area (Å²) in [6.07, 6.45) is 8.66. The number of hydrogen-bond acceptors (Lipinski definition) is 6. The van der Waals surface area contributed by atoms with Crippen LogP contribution in [0.15, 0.2) is 79.6 Å². The Bertz CT molecular complexity index is 675. The Kier molecular flexibility index (Phi) is 14.3. The van der Waals surface area contributed by atoms with Crippen molar-refractivity contribution in [2.45, 2.75) is 27.7 Å². The van der Waals surface area contributed by atoms with Gasteiger partial charge in [-0.3, -0.25) is 0 Å². The van der Waals surface area contributed by atoms with Crippen LogP contribution in [-0.2, 0) is 22.6 Å².